The molecule has 3 nitrogen and oxygen atoms in total. The van der Waals surface area contributed by atoms with Gasteiger partial charge in [-0.05, 0) is 29.8 Å². The molecule has 0 fully saturated rings. The highest BCUT2D eigenvalue weighted by atomic mass is 19.1. The summed E-state index contributed by atoms with van der Waals surface area (Å²) in [5.74, 6) is 0.173. The number of halogens is 1. The van der Waals surface area contributed by atoms with E-state index < -0.39 is 5.82 Å². The van der Waals surface area contributed by atoms with E-state index in [1.54, 1.807) is 0 Å². The van der Waals surface area contributed by atoms with E-state index in [0.717, 1.165) is 28.6 Å². The molecule has 0 spiro atoms. The first-order chi connectivity index (χ1) is 10.2. The third kappa shape index (κ3) is 1.91. The number of rotatable bonds is 0. The average Bonchev–Trinajstić information content (AvgIpc) is 2.64. The van der Waals surface area contributed by atoms with Gasteiger partial charge in [-0.15, -0.1) is 0 Å². The van der Waals surface area contributed by atoms with Gasteiger partial charge in [0.25, 0.3) is 0 Å². The lowest BCUT2D eigenvalue weighted by Gasteiger charge is -2.09. The Labute approximate surface area is 120 Å². The zero-order chi connectivity index (χ0) is 14.4. The Bertz CT molecular complexity index is 861. The van der Waals surface area contributed by atoms with E-state index in [2.05, 4.69) is 4.98 Å². The molecule has 3 aromatic rings. The molecule has 0 bridgehead atoms. The first-order valence-electron chi connectivity index (χ1n) is 6.77. The monoisotopic (exact) mass is 281 g/mol. The summed E-state index contributed by atoms with van der Waals surface area (Å²) in [6.45, 7) is 0.554. The van der Waals surface area contributed by atoms with Gasteiger partial charge in [-0.3, -0.25) is 0 Å². The van der Waals surface area contributed by atoms with Crippen LogP contribution in [-0.2, 0) is 6.42 Å². The van der Waals surface area contributed by atoms with Crippen LogP contribution in [0.4, 0.5) is 4.39 Å². The highest BCUT2D eigenvalue weighted by molar-refractivity contribution is 5.88. The van der Waals surface area contributed by atoms with Crippen molar-refractivity contribution >= 4 is 10.9 Å². The van der Waals surface area contributed by atoms with Crippen molar-refractivity contribution < 1.29 is 14.2 Å². The summed E-state index contributed by atoms with van der Waals surface area (Å²) in [5, 5.41) is 10.5. The molecule has 0 amide bonds. The number of nitrogens with zero attached hydrogens (tertiary/aromatic N) is 1. The number of phenolic OH excluding ortho intramolecular Hbond substituents is 1. The van der Waals surface area contributed by atoms with Gasteiger partial charge >= 0.3 is 0 Å². The number of hydrogen-bond donors (Lipinski definition) is 1. The second-order valence-electron chi connectivity index (χ2n) is 5.09. The molecule has 0 saturated carbocycles. The second-order valence-corrected chi connectivity index (χ2v) is 5.09. The van der Waals surface area contributed by atoms with Gasteiger partial charge in [-0.1, -0.05) is 12.1 Å². The number of benzene rings is 2. The molecule has 2 heterocycles. The Morgan fingerprint density at radius 2 is 2.00 bits per heavy atom. The number of aromatic nitrogens is 1. The Balaban J connectivity index is 2.07. The lowest BCUT2D eigenvalue weighted by molar-refractivity contribution is 0.326. The number of hydrogen-bond acceptors (Lipinski definition) is 3. The van der Waals surface area contributed by atoms with Crippen molar-refractivity contribution in [1.29, 1.82) is 0 Å². The standard InChI is InChI=1S/C17H12FNO2/c18-12-8-11-7-10-5-6-21-15-4-2-1-3-13(15)16(10)19-17(11)14(20)9-12/h1-4,7-9,20H,5-6H2. The minimum Gasteiger partial charge on any atom is -0.506 e. The van der Waals surface area contributed by atoms with Crippen LogP contribution in [0.3, 0.4) is 0 Å². The average molecular weight is 281 g/mol. The van der Waals surface area contributed by atoms with Crippen LogP contribution in [0.15, 0.2) is 42.5 Å². The predicted octanol–water partition coefficient (Wildman–Crippen LogP) is 3.68. The van der Waals surface area contributed by atoms with Gasteiger partial charge in [0, 0.05) is 23.4 Å². The van der Waals surface area contributed by atoms with Crippen molar-refractivity contribution in [1.82, 2.24) is 4.98 Å². The number of para-hydroxylation sites is 1. The molecule has 1 N–H and O–H groups in total. The third-order valence-corrected chi connectivity index (χ3v) is 3.71. The number of aromatic hydroxyl groups is 1. The molecule has 4 rings (SSSR count). The van der Waals surface area contributed by atoms with E-state index in [0.29, 0.717) is 23.9 Å². The number of fused-ring (bicyclic) bond motifs is 4. The van der Waals surface area contributed by atoms with Gasteiger partial charge in [0.15, 0.2) is 0 Å². The fourth-order valence-corrected chi connectivity index (χ4v) is 2.76. The van der Waals surface area contributed by atoms with Gasteiger partial charge in [-0.2, -0.15) is 0 Å². The topological polar surface area (TPSA) is 42.4 Å². The van der Waals surface area contributed by atoms with E-state index in [-0.39, 0.29) is 5.75 Å². The number of ether oxygens (including phenoxy) is 1. The summed E-state index contributed by atoms with van der Waals surface area (Å²) < 4.78 is 19.2. The summed E-state index contributed by atoms with van der Waals surface area (Å²) in [5.41, 5.74) is 3.09. The van der Waals surface area contributed by atoms with Crippen molar-refractivity contribution in [2.75, 3.05) is 6.61 Å². The van der Waals surface area contributed by atoms with E-state index in [4.69, 9.17) is 4.74 Å². The molecular weight excluding hydrogens is 269 g/mol. The maximum absolute atomic E-state index is 13.4. The first kappa shape index (κ1) is 12.1. The minimum absolute atomic E-state index is 0.143. The first-order valence-corrected chi connectivity index (χ1v) is 6.77. The van der Waals surface area contributed by atoms with Crippen LogP contribution in [0.5, 0.6) is 11.5 Å². The Morgan fingerprint density at radius 1 is 1.14 bits per heavy atom. The van der Waals surface area contributed by atoms with Crippen LogP contribution >= 0.6 is 0 Å². The number of pyridine rings is 1. The summed E-state index contributed by atoms with van der Waals surface area (Å²) in [6, 6.07) is 12.0. The zero-order valence-corrected chi connectivity index (χ0v) is 11.1. The van der Waals surface area contributed by atoms with E-state index in [1.807, 2.05) is 30.3 Å². The largest absolute Gasteiger partial charge is 0.506 e. The molecule has 1 aliphatic rings. The molecule has 0 aliphatic carbocycles. The maximum Gasteiger partial charge on any atom is 0.144 e. The third-order valence-electron chi connectivity index (χ3n) is 3.71. The van der Waals surface area contributed by atoms with Crippen LogP contribution in [0.1, 0.15) is 5.56 Å². The van der Waals surface area contributed by atoms with E-state index in [1.165, 1.54) is 6.07 Å². The SMILES string of the molecule is Oc1cc(F)cc2cc3c(nc12)-c1ccccc1OCC3. The Morgan fingerprint density at radius 3 is 2.90 bits per heavy atom. The predicted molar refractivity (Wildman–Crippen MR) is 78.0 cm³/mol. The van der Waals surface area contributed by atoms with Crippen molar-refractivity contribution in [3.63, 3.8) is 0 Å². The molecule has 0 radical (unpaired) electrons. The molecule has 1 aromatic heterocycles. The molecule has 2 aromatic carbocycles. The molecule has 1 aliphatic heterocycles. The smallest absolute Gasteiger partial charge is 0.144 e. The fourth-order valence-electron chi connectivity index (χ4n) is 2.76. The van der Waals surface area contributed by atoms with Crippen molar-refractivity contribution in [2.24, 2.45) is 0 Å². The van der Waals surface area contributed by atoms with Gasteiger partial charge < -0.3 is 9.84 Å². The normalized spacial score (nSPS) is 13.2. The van der Waals surface area contributed by atoms with Crippen LogP contribution in [0.2, 0.25) is 0 Å². The summed E-state index contributed by atoms with van der Waals surface area (Å²) in [6.07, 6.45) is 0.699. The lowest BCUT2D eigenvalue weighted by Crippen LogP contribution is -1.99. The van der Waals surface area contributed by atoms with E-state index in [9.17, 15) is 9.50 Å². The van der Waals surface area contributed by atoms with Crippen molar-refractivity contribution in [2.45, 2.75) is 6.42 Å². The molecule has 21 heavy (non-hydrogen) atoms. The molecule has 4 heteroatoms. The fraction of sp³-hybridized carbons (Fsp3) is 0.118. The van der Waals surface area contributed by atoms with Crippen LogP contribution in [0, 0.1) is 5.82 Å². The van der Waals surface area contributed by atoms with Crippen LogP contribution in [-0.4, -0.2) is 16.7 Å². The minimum atomic E-state index is -0.466. The Kier molecular flexibility index (Phi) is 2.57. The molecule has 0 atom stereocenters. The maximum atomic E-state index is 13.4. The molecule has 0 saturated heterocycles. The summed E-state index contributed by atoms with van der Waals surface area (Å²) in [7, 11) is 0. The van der Waals surface area contributed by atoms with Crippen LogP contribution < -0.4 is 4.74 Å². The highest BCUT2D eigenvalue weighted by Gasteiger charge is 2.18. The zero-order valence-electron chi connectivity index (χ0n) is 11.1. The molecular formula is C17H12FNO2. The number of phenols is 1. The van der Waals surface area contributed by atoms with Crippen molar-refractivity contribution in [3.05, 3.63) is 53.8 Å². The van der Waals surface area contributed by atoms with Crippen molar-refractivity contribution in [3.8, 4) is 22.8 Å². The van der Waals surface area contributed by atoms with Gasteiger partial charge in [0.05, 0.1) is 12.3 Å². The Hall–Kier alpha value is -2.62. The van der Waals surface area contributed by atoms with Gasteiger partial charge in [-0.25, -0.2) is 9.37 Å². The summed E-state index contributed by atoms with van der Waals surface area (Å²) in [4.78, 5) is 4.56. The quantitative estimate of drug-likeness (QED) is 0.683. The highest BCUT2D eigenvalue weighted by Crippen LogP contribution is 2.36. The van der Waals surface area contributed by atoms with Crippen LogP contribution in [0.25, 0.3) is 22.2 Å². The lowest BCUT2D eigenvalue weighted by atomic mass is 10.0. The van der Waals surface area contributed by atoms with E-state index >= 15 is 0 Å². The molecule has 0 unspecified atom stereocenters. The van der Waals surface area contributed by atoms with Gasteiger partial charge in [0.2, 0.25) is 0 Å². The molecule has 104 valence electrons. The second kappa shape index (κ2) is 4.45. The van der Waals surface area contributed by atoms with Gasteiger partial charge in [0.1, 0.15) is 22.8 Å². The summed E-state index contributed by atoms with van der Waals surface area (Å²) >= 11 is 0.